The molecule has 0 radical (unpaired) electrons. The van der Waals surface area contributed by atoms with E-state index in [0.717, 1.165) is 0 Å². The first kappa shape index (κ1) is 25.0. The highest BCUT2D eigenvalue weighted by Gasteiger charge is 2.45. The van der Waals surface area contributed by atoms with Gasteiger partial charge in [-0.2, -0.15) is 0 Å². The number of nitrogens with zero attached hydrogens (tertiary/aromatic N) is 1. The van der Waals surface area contributed by atoms with E-state index in [9.17, 15) is 14.7 Å². The summed E-state index contributed by atoms with van der Waals surface area (Å²) in [4.78, 5) is 28.8. The van der Waals surface area contributed by atoms with E-state index >= 15 is 0 Å². The number of carbonyl (C=O) groups excluding carboxylic acids is 2. The minimum absolute atomic E-state index is 0.0142. The van der Waals surface area contributed by atoms with Crippen molar-refractivity contribution in [1.82, 2.24) is 0 Å². The first-order chi connectivity index (χ1) is 18.5. The van der Waals surface area contributed by atoms with Gasteiger partial charge in [-0.15, -0.1) is 0 Å². The van der Waals surface area contributed by atoms with E-state index in [0.29, 0.717) is 52.7 Å². The van der Waals surface area contributed by atoms with Crippen LogP contribution in [0.3, 0.4) is 0 Å². The summed E-state index contributed by atoms with van der Waals surface area (Å²) in [5.74, 6) is -0.267. The summed E-state index contributed by atoms with van der Waals surface area (Å²) in [6.07, 6.45) is 0. The zero-order valence-corrected chi connectivity index (χ0v) is 21.3. The lowest BCUT2D eigenvalue weighted by molar-refractivity contribution is -0.117. The van der Waals surface area contributed by atoms with Crippen molar-refractivity contribution in [3.8, 4) is 17.2 Å². The summed E-state index contributed by atoms with van der Waals surface area (Å²) in [5.41, 5.74) is 1.41. The molecule has 8 nitrogen and oxygen atoms in total. The standard InChI is InChI=1S/C30H27NO7/c1-4-36-21-14-12-18(13-15-21)26-25(27(32)24-16-19-8-6-11-23(35-3)29(19)38-24)28(33)30(34)31(26)20-9-7-10-22(17-20)37-5-2/h6-17,26,33H,4-5H2,1-3H3. The topological polar surface area (TPSA) is 98.4 Å². The Morgan fingerprint density at radius 2 is 1.66 bits per heavy atom. The third kappa shape index (κ3) is 4.34. The van der Waals surface area contributed by atoms with Gasteiger partial charge in [0.25, 0.3) is 5.91 Å². The van der Waals surface area contributed by atoms with Crippen LogP contribution in [-0.4, -0.2) is 37.1 Å². The number of benzene rings is 3. The molecule has 8 heteroatoms. The Morgan fingerprint density at radius 3 is 2.37 bits per heavy atom. The Kier molecular flexibility index (Phi) is 6.79. The van der Waals surface area contributed by atoms with Crippen LogP contribution in [0.5, 0.6) is 17.2 Å². The second-order valence-corrected chi connectivity index (χ2v) is 8.59. The van der Waals surface area contributed by atoms with E-state index in [1.165, 1.54) is 12.0 Å². The monoisotopic (exact) mass is 513 g/mol. The van der Waals surface area contributed by atoms with E-state index in [-0.39, 0.29) is 11.3 Å². The number of hydrogen-bond acceptors (Lipinski definition) is 7. The molecule has 1 aliphatic rings. The number of carbonyl (C=O) groups is 2. The molecule has 1 aromatic heterocycles. The fraction of sp³-hybridized carbons (Fsp3) is 0.200. The molecule has 0 aliphatic carbocycles. The maximum atomic E-state index is 13.9. The van der Waals surface area contributed by atoms with Crippen molar-refractivity contribution >= 4 is 28.3 Å². The van der Waals surface area contributed by atoms with E-state index in [2.05, 4.69) is 0 Å². The number of ether oxygens (including phenoxy) is 3. The molecular formula is C30H27NO7. The van der Waals surface area contributed by atoms with Crippen LogP contribution in [0.15, 0.2) is 88.5 Å². The molecule has 3 aromatic carbocycles. The van der Waals surface area contributed by atoms with Crippen LogP contribution < -0.4 is 19.1 Å². The molecule has 0 saturated carbocycles. The molecule has 4 aromatic rings. The Bertz CT molecular complexity index is 1530. The maximum Gasteiger partial charge on any atom is 0.294 e. The molecule has 5 rings (SSSR count). The number of fused-ring (bicyclic) bond motifs is 1. The maximum absolute atomic E-state index is 13.9. The normalized spacial score (nSPS) is 15.3. The van der Waals surface area contributed by atoms with E-state index in [1.54, 1.807) is 72.8 Å². The summed E-state index contributed by atoms with van der Waals surface area (Å²) < 4.78 is 22.4. The third-order valence-corrected chi connectivity index (χ3v) is 6.32. The zero-order valence-electron chi connectivity index (χ0n) is 21.3. The molecule has 0 saturated heterocycles. The smallest absolute Gasteiger partial charge is 0.294 e. The second-order valence-electron chi connectivity index (χ2n) is 8.59. The number of para-hydroxylation sites is 1. The number of furan rings is 1. The van der Waals surface area contributed by atoms with Gasteiger partial charge in [0, 0.05) is 17.1 Å². The fourth-order valence-corrected chi connectivity index (χ4v) is 4.66. The van der Waals surface area contributed by atoms with Gasteiger partial charge in [0.1, 0.15) is 11.5 Å². The van der Waals surface area contributed by atoms with Crippen molar-refractivity contribution in [3.05, 3.63) is 95.5 Å². The summed E-state index contributed by atoms with van der Waals surface area (Å²) in [6, 6.07) is 20.0. The molecule has 1 atom stereocenters. The number of amides is 1. The van der Waals surface area contributed by atoms with Gasteiger partial charge in [0.15, 0.2) is 22.9 Å². The number of anilines is 1. The van der Waals surface area contributed by atoms with Gasteiger partial charge in [-0.25, -0.2) is 0 Å². The predicted molar refractivity (Wildman–Crippen MR) is 142 cm³/mol. The van der Waals surface area contributed by atoms with E-state index in [1.807, 2.05) is 13.8 Å². The Hall–Kier alpha value is -4.72. The summed E-state index contributed by atoms with van der Waals surface area (Å²) in [6.45, 7) is 4.69. The highest BCUT2D eigenvalue weighted by Crippen LogP contribution is 2.43. The second kappa shape index (κ2) is 10.3. The van der Waals surface area contributed by atoms with Gasteiger partial charge in [0.2, 0.25) is 5.78 Å². The number of aliphatic hydroxyl groups excluding tert-OH is 1. The number of hydrogen-bond donors (Lipinski definition) is 1. The molecule has 1 unspecified atom stereocenters. The molecule has 0 fully saturated rings. The highest BCUT2D eigenvalue weighted by molar-refractivity contribution is 6.20. The first-order valence-electron chi connectivity index (χ1n) is 12.3. The summed E-state index contributed by atoms with van der Waals surface area (Å²) in [5, 5.41) is 11.7. The zero-order chi connectivity index (χ0) is 26.8. The molecule has 1 N–H and O–H groups in total. The molecule has 1 amide bonds. The number of Topliss-reactive ketones (excluding diaryl/α,β-unsaturated/α-hetero) is 1. The number of methoxy groups -OCH3 is 1. The van der Waals surface area contributed by atoms with E-state index in [4.69, 9.17) is 18.6 Å². The number of rotatable bonds is 9. The Balaban J connectivity index is 1.63. The molecular weight excluding hydrogens is 486 g/mol. The van der Waals surface area contributed by atoms with Crippen molar-refractivity contribution in [1.29, 1.82) is 0 Å². The number of ketones is 1. The molecule has 1 aliphatic heterocycles. The number of aliphatic hydroxyl groups is 1. The van der Waals surface area contributed by atoms with Crippen molar-refractivity contribution in [2.75, 3.05) is 25.2 Å². The van der Waals surface area contributed by atoms with Crippen LogP contribution in [0.2, 0.25) is 0 Å². The average Bonchev–Trinajstić information content (AvgIpc) is 3.48. The fourth-order valence-electron chi connectivity index (χ4n) is 4.66. The predicted octanol–water partition coefficient (Wildman–Crippen LogP) is 6.02. The van der Waals surface area contributed by atoms with Crippen LogP contribution >= 0.6 is 0 Å². The van der Waals surface area contributed by atoms with Crippen molar-refractivity contribution in [2.24, 2.45) is 0 Å². The highest BCUT2D eigenvalue weighted by atomic mass is 16.5. The largest absolute Gasteiger partial charge is 0.503 e. The minimum Gasteiger partial charge on any atom is -0.503 e. The minimum atomic E-state index is -0.919. The molecule has 194 valence electrons. The lowest BCUT2D eigenvalue weighted by atomic mass is 9.94. The quantitative estimate of drug-likeness (QED) is 0.273. The van der Waals surface area contributed by atoms with Gasteiger partial charge in [0.05, 0.1) is 31.9 Å². The summed E-state index contributed by atoms with van der Waals surface area (Å²) >= 11 is 0. The van der Waals surface area contributed by atoms with Crippen molar-refractivity contribution in [3.63, 3.8) is 0 Å². The molecule has 0 bridgehead atoms. The molecule has 2 heterocycles. The lowest BCUT2D eigenvalue weighted by Crippen LogP contribution is -2.31. The first-order valence-corrected chi connectivity index (χ1v) is 12.3. The average molecular weight is 514 g/mol. The Morgan fingerprint density at radius 1 is 0.947 bits per heavy atom. The van der Waals surface area contributed by atoms with E-state index < -0.39 is 23.5 Å². The summed E-state index contributed by atoms with van der Waals surface area (Å²) in [7, 11) is 1.51. The van der Waals surface area contributed by atoms with Gasteiger partial charge in [-0.1, -0.05) is 30.3 Å². The van der Waals surface area contributed by atoms with Crippen LogP contribution in [0, 0.1) is 0 Å². The SMILES string of the molecule is CCOc1ccc(C2C(C(=O)c3cc4cccc(OC)c4o3)=C(O)C(=O)N2c2cccc(OCC)c2)cc1. The van der Waals surface area contributed by atoms with Crippen LogP contribution in [0.1, 0.15) is 36.0 Å². The van der Waals surface area contributed by atoms with Gasteiger partial charge < -0.3 is 23.7 Å². The Labute approximate surface area is 219 Å². The third-order valence-electron chi connectivity index (χ3n) is 6.32. The van der Waals surface area contributed by atoms with Gasteiger partial charge >= 0.3 is 0 Å². The van der Waals surface area contributed by atoms with Crippen LogP contribution in [0.25, 0.3) is 11.0 Å². The van der Waals surface area contributed by atoms with Crippen molar-refractivity contribution < 1.29 is 33.3 Å². The van der Waals surface area contributed by atoms with Gasteiger partial charge in [-0.05, 0) is 55.8 Å². The van der Waals surface area contributed by atoms with Crippen molar-refractivity contribution in [2.45, 2.75) is 19.9 Å². The van der Waals surface area contributed by atoms with Crippen LogP contribution in [-0.2, 0) is 4.79 Å². The van der Waals surface area contributed by atoms with Crippen LogP contribution in [0.4, 0.5) is 5.69 Å². The molecule has 0 spiro atoms. The molecule has 38 heavy (non-hydrogen) atoms. The lowest BCUT2D eigenvalue weighted by Gasteiger charge is -2.27. The van der Waals surface area contributed by atoms with Gasteiger partial charge in [-0.3, -0.25) is 14.5 Å².